The Morgan fingerprint density at radius 1 is 1.48 bits per heavy atom. The summed E-state index contributed by atoms with van der Waals surface area (Å²) in [5, 5.41) is 2.98. The average Bonchev–Trinajstić information content (AvgIpc) is 2.81. The van der Waals surface area contributed by atoms with E-state index in [0.29, 0.717) is 18.8 Å². The molecule has 0 bridgehead atoms. The zero-order valence-electron chi connectivity index (χ0n) is 12.8. The molecule has 1 amide bonds. The quantitative estimate of drug-likeness (QED) is 0.832. The number of amides is 1. The maximum atomic E-state index is 11.9. The molecule has 0 radical (unpaired) electrons. The largest absolute Gasteiger partial charge is 0.354 e. The second-order valence-corrected chi connectivity index (χ2v) is 5.70. The summed E-state index contributed by atoms with van der Waals surface area (Å²) in [6, 6.07) is 6.35. The van der Waals surface area contributed by atoms with Crippen LogP contribution in [0.25, 0.3) is 11.0 Å². The maximum absolute atomic E-state index is 11.9. The number of carbonyl (C=O) groups excluding carboxylic acids is 1. The van der Waals surface area contributed by atoms with Gasteiger partial charge in [0.2, 0.25) is 5.91 Å². The van der Waals surface area contributed by atoms with E-state index in [0.717, 1.165) is 23.3 Å². The number of alkyl halides is 1. The van der Waals surface area contributed by atoms with E-state index in [1.54, 1.807) is 0 Å². The van der Waals surface area contributed by atoms with Crippen molar-refractivity contribution in [1.82, 2.24) is 14.9 Å². The molecular formula is C16H22ClN3O. The number of hydrogen-bond acceptors (Lipinski definition) is 2. The lowest BCUT2D eigenvalue weighted by atomic mass is 10.2. The Balaban J connectivity index is 2.15. The number of rotatable bonds is 6. The Morgan fingerprint density at radius 3 is 2.90 bits per heavy atom. The van der Waals surface area contributed by atoms with Crippen molar-refractivity contribution in [2.45, 2.75) is 52.1 Å². The van der Waals surface area contributed by atoms with Gasteiger partial charge in [-0.3, -0.25) is 4.79 Å². The number of nitrogens with one attached hydrogen (secondary N) is 1. The smallest absolute Gasteiger partial charge is 0.221 e. The van der Waals surface area contributed by atoms with Crippen molar-refractivity contribution in [1.29, 1.82) is 0 Å². The number of aryl methyl sites for hydroxylation is 2. The van der Waals surface area contributed by atoms with Crippen molar-refractivity contribution in [2.75, 3.05) is 0 Å². The van der Waals surface area contributed by atoms with Gasteiger partial charge in [-0.1, -0.05) is 13.0 Å². The molecule has 0 fully saturated rings. The first-order chi connectivity index (χ1) is 10.0. The van der Waals surface area contributed by atoms with Gasteiger partial charge in [0.1, 0.15) is 5.82 Å². The number of halogens is 1. The molecule has 0 spiro atoms. The summed E-state index contributed by atoms with van der Waals surface area (Å²) < 4.78 is 2.04. The normalized spacial score (nSPS) is 12.6. The van der Waals surface area contributed by atoms with Gasteiger partial charge in [0.25, 0.3) is 0 Å². The fourth-order valence-corrected chi connectivity index (χ4v) is 2.51. The Kier molecular flexibility index (Phi) is 5.23. The number of carbonyl (C=O) groups is 1. The second kappa shape index (κ2) is 6.94. The van der Waals surface area contributed by atoms with Gasteiger partial charge in [0.15, 0.2) is 0 Å². The maximum Gasteiger partial charge on any atom is 0.221 e. The van der Waals surface area contributed by atoms with Crippen LogP contribution in [0, 0.1) is 6.92 Å². The van der Waals surface area contributed by atoms with Crippen LogP contribution in [0.3, 0.4) is 0 Å². The standard InChI is InChI=1S/C16H22ClN3O/c1-4-12(3)18-16(21)7-8-20-14-6-5-11(2)9-13(14)19-15(20)10-17/h5-6,9,12H,4,7-8,10H2,1-3H3,(H,18,21). The SMILES string of the molecule is CCC(C)NC(=O)CCn1c(CCl)nc2cc(C)ccc21. The van der Waals surface area contributed by atoms with Crippen molar-refractivity contribution in [3.05, 3.63) is 29.6 Å². The molecule has 2 aromatic rings. The van der Waals surface area contributed by atoms with E-state index in [1.807, 2.05) is 30.5 Å². The van der Waals surface area contributed by atoms with Crippen LogP contribution in [0.4, 0.5) is 0 Å². The zero-order valence-corrected chi connectivity index (χ0v) is 13.6. The summed E-state index contributed by atoms with van der Waals surface area (Å²) in [6.07, 6.45) is 1.37. The predicted octanol–water partition coefficient (Wildman–Crippen LogP) is 3.39. The van der Waals surface area contributed by atoms with Gasteiger partial charge >= 0.3 is 0 Å². The van der Waals surface area contributed by atoms with Crippen molar-refractivity contribution < 1.29 is 4.79 Å². The van der Waals surface area contributed by atoms with Crippen LogP contribution in [0.2, 0.25) is 0 Å². The molecule has 0 saturated carbocycles. The van der Waals surface area contributed by atoms with Gasteiger partial charge in [-0.2, -0.15) is 0 Å². The molecule has 4 nitrogen and oxygen atoms in total. The summed E-state index contributed by atoms with van der Waals surface area (Å²) in [5.41, 5.74) is 3.14. The lowest BCUT2D eigenvalue weighted by Gasteiger charge is -2.12. The number of benzene rings is 1. The van der Waals surface area contributed by atoms with E-state index in [2.05, 4.69) is 23.3 Å². The van der Waals surface area contributed by atoms with E-state index in [1.165, 1.54) is 5.56 Å². The Bertz CT molecular complexity index is 636. The van der Waals surface area contributed by atoms with Gasteiger partial charge < -0.3 is 9.88 Å². The molecular weight excluding hydrogens is 286 g/mol. The van der Waals surface area contributed by atoms with E-state index in [4.69, 9.17) is 11.6 Å². The minimum Gasteiger partial charge on any atom is -0.354 e. The van der Waals surface area contributed by atoms with Crippen LogP contribution >= 0.6 is 11.6 Å². The fourth-order valence-electron chi connectivity index (χ4n) is 2.30. The lowest BCUT2D eigenvalue weighted by Crippen LogP contribution is -2.32. The highest BCUT2D eigenvalue weighted by molar-refractivity contribution is 6.16. The Hall–Kier alpha value is -1.55. The fraction of sp³-hybridized carbons (Fsp3) is 0.500. The topological polar surface area (TPSA) is 46.9 Å². The molecule has 0 aliphatic heterocycles. The van der Waals surface area contributed by atoms with Gasteiger partial charge in [-0.15, -0.1) is 11.6 Å². The van der Waals surface area contributed by atoms with Gasteiger partial charge in [0, 0.05) is 19.0 Å². The first-order valence-electron chi connectivity index (χ1n) is 7.36. The second-order valence-electron chi connectivity index (χ2n) is 5.43. The van der Waals surface area contributed by atoms with Crippen LogP contribution in [0.15, 0.2) is 18.2 Å². The molecule has 2 rings (SSSR count). The van der Waals surface area contributed by atoms with Crippen LogP contribution < -0.4 is 5.32 Å². The lowest BCUT2D eigenvalue weighted by molar-refractivity contribution is -0.121. The molecule has 1 heterocycles. The van der Waals surface area contributed by atoms with Crippen molar-refractivity contribution in [3.63, 3.8) is 0 Å². The van der Waals surface area contributed by atoms with E-state index < -0.39 is 0 Å². The molecule has 1 unspecified atom stereocenters. The summed E-state index contributed by atoms with van der Waals surface area (Å²) in [4.78, 5) is 16.5. The van der Waals surface area contributed by atoms with Crippen LogP contribution in [-0.2, 0) is 17.2 Å². The van der Waals surface area contributed by atoms with Crippen molar-refractivity contribution in [2.24, 2.45) is 0 Å². The molecule has 1 N–H and O–H groups in total. The van der Waals surface area contributed by atoms with Crippen LogP contribution in [0.1, 0.15) is 38.1 Å². The highest BCUT2D eigenvalue weighted by Crippen LogP contribution is 2.19. The Labute approximate surface area is 130 Å². The third-order valence-electron chi connectivity index (χ3n) is 3.68. The number of fused-ring (bicyclic) bond motifs is 1. The molecule has 0 saturated heterocycles. The first kappa shape index (κ1) is 15.8. The number of aromatic nitrogens is 2. The molecule has 1 aromatic heterocycles. The van der Waals surface area contributed by atoms with E-state index in [9.17, 15) is 4.79 Å². The summed E-state index contributed by atoms with van der Waals surface area (Å²) in [6.45, 7) is 6.71. The monoisotopic (exact) mass is 307 g/mol. The molecule has 21 heavy (non-hydrogen) atoms. The van der Waals surface area contributed by atoms with Crippen LogP contribution in [0.5, 0.6) is 0 Å². The summed E-state index contributed by atoms with van der Waals surface area (Å²) >= 11 is 5.98. The van der Waals surface area contributed by atoms with Gasteiger partial charge in [0.05, 0.1) is 16.9 Å². The average molecular weight is 308 g/mol. The van der Waals surface area contributed by atoms with Gasteiger partial charge in [-0.25, -0.2) is 4.98 Å². The minimum absolute atomic E-state index is 0.0684. The molecule has 1 atom stereocenters. The van der Waals surface area contributed by atoms with Crippen LogP contribution in [-0.4, -0.2) is 21.5 Å². The highest BCUT2D eigenvalue weighted by Gasteiger charge is 2.12. The molecule has 114 valence electrons. The number of nitrogens with zero attached hydrogens (tertiary/aromatic N) is 2. The number of hydrogen-bond donors (Lipinski definition) is 1. The minimum atomic E-state index is 0.0684. The van der Waals surface area contributed by atoms with Gasteiger partial charge in [-0.05, 0) is 38.0 Å². The first-order valence-corrected chi connectivity index (χ1v) is 7.89. The summed E-state index contributed by atoms with van der Waals surface area (Å²) in [5.74, 6) is 1.23. The van der Waals surface area contributed by atoms with Crippen molar-refractivity contribution in [3.8, 4) is 0 Å². The summed E-state index contributed by atoms with van der Waals surface area (Å²) in [7, 11) is 0. The zero-order chi connectivity index (χ0) is 15.4. The molecule has 0 aliphatic carbocycles. The molecule has 0 aliphatic rings. The third kappa shape index (κ3) is 3.76. The predicted molar refractivity (Wildman–Crippen MR) is 86.5 cm³/mol. The highest BCUT2D eigenvalue weighted by atomic mass is 35.5. The third-order valence-corrected chi connectivity index (χ3v) is 3.92. The molecule has 5 heteroatoms. The van der Waals surface area contributed by atoms with E-state index >= 15 is 0 Å². The molecule has 1 aromatic carbocycles. The Morgan fingerprint density at radius 2 is 2.24 bits per heavy atom. The van der Waals surface area contributed by atoms with E-state index in [-0.39, 0.29) is 11.9 Å². The number of imidazole rings is 1. The van der Waals surface area contributed by atoms with Crippen molar-refractivity contribution >= 4 is 28.5 Å².